The van der Waals surface area contributed by atoms with Crippen LogP contribution in [0.3, 0.4) is 0 Å². The molecule has 0 unspecified atom stereocenters. The van der Waals surface area contributed by atoms with Gasteiger partial charge in [0.2, 0.25) is 0 Å². The topological polar surface area (TPSA) is 43.6 Å². The van der Waals surface area contributed by atoms with Gasteiger partial charge in [-0.15, -0.1) is 11.8 Å². The maximum Gasteiger partial charge on any atom is 0.162 e. The van der Waals surface area contributed by atoms with Gasteiger partial charge in [-0.1, -0.05) is 29.3 Å². The number of aromatic nitrogens is 4. The van der Waals surface area contributed by atoms with Crippen molar-refractivity contribution in [1.82, 2.24) is 19.7 Å². The molecule has 3 rings (SSSR count). The Morgan fingerprint density at radius 2 is 1.95 bits per heavy atom. The van der Waals surface area contributed by atoms with Gasteiger partial charge in [-0.05, 0) is 17.7 Å². The van der Waals surface area contributed by atoms with Gasteiger partial charge in [-0.3, -0.25) is 4.68 Å². The van der Waals surface area contributed by atoms with E-state index in [1.807, 2.05) is 25.2 Å². The lowest BCUT2D eigenvalue weighted by Crippen LogP contribution is -1.93. The molecule has 2 heterocycles. The Morgan fingerprint density at radius 3 is 2.70 bits per heavy atom. The van der Waals surface area contributed by atoms with E-state index in [4.69, 9.17) is 23.2 Å². The molecule has 0 bridgehead atoms. The summed E-state index contributed by atoms with van der Waals surface area (Å²) in [4.78, 5) is 8.52. The fourth-order valence-electron chi connectivity index (χ4n) is 1.87. The zero-order valence-corrected chi connectivity index (χ0v) is 12.9. The highest BCUT2D eigenvalue weighted by Crippen LogP contribution is 2.32. The van der Waals surface area contributed by atoms with Crippen LogP contribution in [0.4, 0.5) is 0 Å². The molecule has 4 nitrogen and oxygen atoms in total. The smallest absolute Gasteiger partial charge is 0.162 e. The van der Waals surface area contributed by atoms with Crippen molar-refractivity contribution in [1.29, 1.82) is 0 Å². The molecule has 0 saturated carbocycles. The predicted octanol–water partition coefficient (Wildman–Crippen LogP) is 3.96. The van der Waals surface area contributed by atoms with Crippen LogP contribution >= 0.6 is 35.0 Å². The molecule has 0 aliphatic heterocycles. The summed E-state index contributed by atoms with van der Waals surface area (Å²) < 4.78 is 1.73. The zero-order valence-electron chi connectivity index (χ0n) is 10.5. The monoisotopic (exact) mass is 324 g/mol. The summed E-state index contributed by atoms with van der Waals surface area (Å²) >= 11 is 13.9. The second-order valence-electron chi connectivity index (χ2n) is 4.17. The summed E-state index contributed by atoms with van der Waals surface area (Å²) in [5, 5.41) is 7.34. The Labute approximate surface area is 130 Å². The van der Waals surface area contributed by atoms with Crippen molar-refractivity contribution in [3.05, 3.63) is 46.3 Å². The molecule has 2 aromatic heterocycles. The van der Waals surface area contributed by atoms with E-state index in [2.05, 4.69) is 15.1 Å². The molecule has 0 amide bonds. The molecule has 0 spiro atoms. The fourth-order valence-corrected chi connectivity index (χ4v) is 3.57. The highest BCUT2D eigenvalue weighted by Gasteiger charge is 2.11. The second kappa shape index (κ2) is 5.60. The highest BCUT2D eigenvalue weighted by atomic mass is 35.5. The number of halogens is 2. The SMILES string of the molecule is Cn1ncc2c(SCc3c(Cl)cccc3Cl)ncnc21. The fraction of sp³-hybridized carbons (Fsp3) is 0.154. The van der Waals surface area contributed by atoms with Crippen LogP contribution in [0.1, 0.15) is 5.56 Å². The van der Waals surface area contributed by atoms with E-state index in [0.717, 1.165) is 21.6 Å². The first-order valence-electron chi connectivity index (χ1n) is 5.85. The van der Waals surface area contributed by atoms with Gasteiger partial charge >= 0.3 is 0 Å². The molecule has 0 atom stereocenters. The molecule has 0 saturated heterocycles. The molecule has 1 aromatic carbocycles. The summed E-state index contributed by atoms with van der Waals surface area (Å²) in [6, 6.07) is 5.51. The van der Waals surface area contributed by atoms with E-state index < -0.39 is 0 Å². The van der Waals surface area contributed by atoms with E-state index in [1.165, 1.54) is 0 Å². The number of aryl methyl sites for hydroxylation is 1. The molecule has 0 aliphatic rings. The van der Waals surface area contributed by atoms with Gasteiger partial charge < -0.3 is 0 Å². The normalized spacial score (nSPS) is 11.2. The van der Waals surface area contributed by atoms with Crippen molar-refractivity contribution in [3.8, 4) is 0 Å². The summed E-state index contributed by atoms with van der Waals surface area (Å²) in [5.41, 5.74) is 1.73. The molecular formula is C13H10Cl2N4S. The first kappa shape index (κ1) is 13.7. The van der Waals surface area contributed by atoms with Crippen molar-refractivity contribution in [2.45, 2.75) is 10.8 Å². The minimum Gasteiger partial charge on any atom is -0.250 e. The van der Waals surface area contributed by atoms with Crippen molar-refractivity contribution in [2.24, 2.45) is 7.05 Å². The molecule has 3 aromatic rings. The lowest BCUT2D eigenvalue weighted by atomic mass is 10.2. The van der Waals surface area contributed by atoms with Crippen LogP contribution in [0.25, 0.3) is 11.0 Å². The Balaban J connectivity index is 1.91. The molecule has 20 heavy (non-hydrogen) atoms. The van der Waals surface area contributed by atoms with Gasteiger partial charge in [0.15, 0.2) is 5.65 Å². The molecule has 0 N–H and O–H groups in total. The molecular weight excluding hydrogens is 315 g/mol. The number of fused-ring (bicyclic) bond motifs is 1. The molecule has 0 aliphatic carbocycles. The van der Waals surface area contributed by atoms with Gasteiger partial charge in [-0.25, -0.2) is 9.97 Å². The lowest BCUT2D eigenvalue weighted by Gasteiger charge is -2.06. The van der Waals surface area contributed by atoms with Crippen molar-refractivity contribution in [2.75, 3.05) is 0 Å². The maximum absolute atomic E-state index is 6.17. The third-order valence-corrected chi connectivity index (χ3v) is 4.65. The van der Waals surface area contributed by atoms with Gasteiger partial charge in [0.25, 0.3) is 0 Å². The summed E-state index contributed by atoms with van der Waals surface area (Å²) in [7, 11) is 1.86. The third-order valence-electron chi connectivity index (χ3n) is 2.91. The Bertz CT molecular complexity index is 752. The maximum atomic E-state index is 6.17. The molecule has 0 radical (unpaired) electrons. The summed E-state index contributed by atoms with van der Waals surface area (Å²) in [6.07, 6.45) is 3.31. The van der Waals surface area contributed by atoms with Gasteiger partial charge in [0.05, 0.1) is 11.6 Å². The predicted molar refractivity (Wildman–Crippen MR) is 82.3 cm³/mol. The second-order valence-corrected chi connectivity index (χ2v) is 5.95. The first-order chi connectivity index (χ1) is 9.66. The zero-order chi connectivity index (χ0) is 14.1. The van der Waals surface area contributed by atoms with Gasteiger partial charge in [-0.2, -0.15) is 5.10 Å². The quantitative estimate of drug-likeness (QED) is 0.540. The van der Waals surface area contributed by atoms with Crippen LogP contribution in [-0.2, 0) is 12.8 Å². The Morgan fingerprint density at radius 1 is 1.20 bits per heavy atom. The van der Waals surface area contributed by atoms with Crippen LogP contribution in [0.5, 0.6) is 0 Å². The van der Waals surface area contributed by atoms with E-state index in [1.54, 1.807) is 29.0 Å². The average Bonchev–Trinajstić information content (AvgIpc) is 2.81. The third kappa shape index (κ3) is 2.49. The molecule has 0 fully saturated rings. The van der Waals surface area contributed by atoms with Crippen LogP contribution in [-0.4, -0.2) is 19.7 Å². The van der Waals surface area contributed by atoms with Crippen molar-refractivity contribution >= 4 is 46.0 Å². The lowest BCUT2D eigenvalue weighted by molar-refractivity contribution is 0.784. The number of nitrogens with zero attached hydrogens (tertiary/aromatic N) is 4. The summed E-state index contributed by atoms with van der Waals surface area (Å²) in [6.45, 7) is 0. The standard InChI is InChI=1S/C13H10Cl2N4S/c1-19-12-8(5-18-19)13(17-7-16-12)20-6-9-10(14)3-2-4-11(9)15/h2-5,7H,6H2,1H3. The van der Waals surface area contributed by atoms with Gasteiger partial charge in [0.1, 0.15) is 11.4 Å². The van der Waals surface area contributed by atoms with Crippen LogP contribution in [0, 0.1) is 0 Å². The van der Waals surface area contributed by atoms with E-state index in [9.17, 15) is 0 Å². The number of hydrogen-bond donors (Lipinski definition) is 0. The largest absolute Gasteiger partial charge is 0.250 e. The number of thioether (sulfide) groups is 1. The molecule has 102 valence electrons. The number of rotatable bonds is 3. The van der Waals surface area contributed by atoms with E-state index in [-0.39, 0.29) is 0 Å². The average molecular weight is 325 g/mol. The highest BCUT2D eigenvalue weighted by molar-refractivity contribution is 7.98. The van der Waals surface area contributed by atoms with E-state index >= 15 is 0 Å². The Hall–Kier alpha value is -1.30. The van der Waals surface area contributed by atoms with E-state index in [0.29, 0.717) is 15.8 Å². The van der Waals surface area contributed by atoms with Crippen molar-refractivity contribution in [3.63, 3.8) is 0 Å². The number of benzene rings is 1. The molecule has 7 heteroatoms. The first-order valence-corrected chi connectivity index (χ1v) is 7.59. The Kier molecular flexibility index (Phi) is 3.83. The van der Waals surface area contributed by atoms with Crippen molar-refractivity contribution < 1.29 is 0 Å². The van der Waals surface area contributed by atoms with Crippen LogP contribution < -0.4 is 0 Å². The van der Waals surface area contributed by atoms with Gasteiger partial charge in [0, 0.05) is 22.8 Å². The number of hydrogen-bond acceptors (Lipinski definition) is 4. The summed E-state index contributed by atoms with van der Waals surface area (Å²) in [5.74, 6) is 0.652. The minimum atomic E-state index is 0.652. The van der Waals surface area contributed by atoms with Crippen LogP contribution in [0.15, 0.2) is 35.7 Å². The van der Waals surface area contributed by atoms with Crippen LogP contribution in [0.2, 0.25) is 10.0 Å². The minimum absolute atomic E-state index is 0.652.